The zero-order chi connectivity index (χ0) is 27.7. The molecule has 0 unspecified atom stereocenters. The molecule has 0 bridgehead atoms. The molecule has 7 nitrogen and oxygen atoms in total. The SMILES string of the molecule is CC[C@@H](C)NC(=O)[C@@H](CC)N(Cc1ccc(C)cc1)C(=O)CN(c1ccccc1)S(=O)(=O)c1ccccc1. The fourth-order valence-corrected chi connectivity index (χ4v) is 5.53. The highest BCUT2D eigenvalue weighted by Gasteiger charge is 2.33. The summed E-state index contributed by atoms with van der Waals surface area (Å²) in [5.74, 6) is -0.709. The number of aryl methyl sites for hydroxylation is 1. The average molecular weight is 536 g/mol. The van der Waals surface area contributed by atoms with Crippen LogP contribution in [0.4, 0.5) is 5.69 Å². The summed E-state index contributed by atoms with van der Waals surface area (Å²) in [4.78, 5) is 28.8. The first-order valence-corrected chi connectivity index (χ1v) is 14.4. The number of carbonyl (C=O) groups is 2. The predicted octanol–water partition coefficient (Wildman–Crippen LogP) is 4.91. The predicted molar refractivity (Wildman–Crippen MR) is 151 cm³/mol. The minimum Gasteiger partial charge on any atom is -0.352 e. The highest BCUT2D eigenvalue weighted by atomic mass is 32.2. The Morgan fingerprint density at radius 3 is 1.97 bits per heavy atom. The van der Waals surface area contributed by atoms with Crippen molar-refractivity contribution in [2.45, 2.75) is 64.1 Å². The van der Waals surface area contributed by atoms with Crippen molar-refractivity contribution in [3.8, 4) is 0 Å². The number of benzene rings is 3. The summed E-state index contributed by atoms with van der Waals surface area (Å²) in [6.07, 6.45) is 1.14. The third-order valence-electron chi connectivity index (χ3n) is 6.51. The molecule has 3 rings (SSSR count). The summed E-state index contributed by atoms with van der Waals surface area (Å²) in [5.41, 5.74) is 2.31. The molecule has 38 heavy (non-hydrogen) atoms. The zero-order valence-electron chi connectivity index (χ0n) is 22.5. The van der Waals surface area contributed by atoms with Crippen molar-refractivity contribution < 1.29 is 18.0 Å². The van der Waals surface area contributed by atoms with E-state index in [1.54, 1.807) is 48.5 Å². The molecule has 0 heterocycles. The number of nitrogens with zero attached hydrogens (tertiary/aromatic N) is 2. The van der Waals surface area contributed by atoms with Gasteiger partial charge in [0.25, 0.3) is 10.0 Å². The molecule has 0 saturated heterocycles. The number of nitrogens with one attached hydrogen (secondary N) is 1. The normalized spacial score (nSPS) is 12.8. The number of sulfonamides is 1. The lowest BCUT2D eigenvalue weighted by atomic mass is 10.1. The van der Waals surface area contributed by atoms with E-state index in [-0.39, 0.29) is 23.4 Å². The standard InChI is InChI=1S/C30H37N3O4S/c1-5-24(4)31-30(35)28(6-2)32(21-25-19-17-23(3)18-20-25)29(34)22-33(26-13-9-7-10-14-26)38(36,37)27-15-11-8-12-16-27/h7-20,24,28H,5-6,21-22H2,1-4H3,(H,31,35)/t24-,28-/m1/s1. The lowest BCUT2D eigenvalue weighted by Crippen LogP contribution is -2.53. The maximum atomic E-state index is 14.0. The van der Waals surface area contributed by atoms with Gasteiger partial charge in [0, 0.05) is 12.6 Å². The summed E-state index contributed by atoms with van der Waals surface area (Å²) >= 11 is 0. The largest absolute Gasteiger partial charge is 0.352 e. The third kappa shape index (κ3) is 7.22. The molecular weight excluding hydrogens is 498 g/mol. The average Bonchev–Trinajstić information content (AvgIpc) is 2.93. The van der Waals surface area contributed by atoms with Crippen LogP contribution in [0.25, 0.3) is 0 Å². The molecule has 0 aliphatic rings. The Kier molecular flexibility index (Phi) is 10.1. The molecule has 2 amide bonds. The molecule has 202 valence electrons. The number of hydrogen-bond acceptors (Lipinski definition) is 4. The van der Waals surface area contributed by atoms with Gasteiger partial charge in [0.2, 0.25) is 11.8 Å². The number of rotatable bonds is 12. The van der Waals surface area contributed by atoms with Crippen molar-refractivity contribution in [2.24, 2.45) is 0 Å². The van der Waals surface area contributed by atoms with Gasteiger partial charge in [-0.05, 0) is 56.5 Å². The van der Waals surface area contributed by atoms with E-state index < -0.39 is 28.5 Å². The van der Waals surface area contributed by atoms with Crippen molar-refractivity contribution in [3.63, 3.8) is 0 Å². The van der Waals surface area contributed by atoms with Gasteiger partial charge in [0.1, 0.15) is 12.6 Å². The molecule has 0 aromatic heterocycles. The number of amides is 2. The number of anilines is 1. The molecule has 3 aromatic carbocycles. The molecule has 0 spiro atoms. The molecule has 0 aliphatic carbocycles. The van der Waals surface area contributed by atoms with Crippen molar-refractivity contribution >= 4 is 27.5 Å². The number of carbonyl (C=O) groups excluding carboxylic acids is 2. The molecular formula is C30H37N3O4S. The van der Waals surface area contributed by atoms with Gasteiger partial charge < -0.3 is 10.2 Å². The minimum absolute atomic E-state index is 0.0489. The van der Waals surface area contributed by atoms with Crippen LogP contribution in [0.3, 0.4) is 0 Å². The third-order valence-corrected chi connectivity index (χ3v) is 8.30. The molecule has 0 radical (unpaired) electrons. The van der Waals surface area contributed by atoms with E-state index in [2.05, 4.69) is 5.32 Å². The van der Waals surface area contributed by atoms with E-state index in [0.717, 1.165) is 21.9 Å². The molecule has 8 heteroatoms. The van der Waals surface area contributed by atoms with E-state index in [0.29, 0.717) is 12.1 Å². The van der Waals surface area contributed by atoms with Crippen LogP contribution in [0.15, 0.2) is 89.8 Å². The second-order valence-electron chi connectivity index (χ2n) is 9.41. The molecule has 0 fully saturated rings. The van der Waals surface area contributed by atoms with Crippen molar-refractivity contribution in [1.29, 1.82) is 0 Å². The highest BCUT2D eigenvalue weighted by molar-refractivity contribution is 7.92. The van der Waals surface area contributed by atoms with E-state index in [1.165, 1.54) is 17.0 Å². The van der Waals surface area contributed by atoms with E-state index in [1.807, 2.05) is 52.0 Å². The summed E-state index contributed by atoms with van der Waals surface area (Å²) in [6, 6.07) is 23.6. The molecule has 0 saturated carbocycles. The van der Waals surface area contributed by atoms with Gasteiger partial charge in [0.15, 0.2) is 0 Å². The second-order valence-corrected chi connectivity index (χ2v) is 11.3. The molecule has 2 atom stereocenters. The van der Waals surface area contributed by atoms with Crippen LogP contribution in [-0.4, -0.2) is 43.8 Å². The van der Waals surface area contributed by atoms with E-state index in [9.17, 15) is 18.0 Å². The smallest absolute Gasteiger partial charge is 0.264 e. The Hall–Kier alpha value is -3.65. The second kappa shape index (κ2) is 13.2. The minimum atomic E-state index is -4.05. The zero-order valence-corrected chi connectivity index (χ0v) is 23.3. The summed E-state index contributed by atoms with van der Waals surface area (Å²) in [6.45, 7) is 7.46. The fourth-order valence-electron chi connectivity index (χ4n) is 4.09. The Morgan fingerprint density at radius 2 is 1.42 bits per heavy atom. The van der Waals surface area contributed by atoms with E-state index in [4.69, 9.17) is 0 Å². The topological polar surface area (TPSA) is 86.8 Å². The van der Waals surface area contributed by atoms with Crippen LogP contribution in [0.1, 0.15) is 44.7 Å². The maximum Gasteiger partial charge on any atom is 0.264 e. The first kappa shape index (κ1) is 28.9. The van der Waals surface area contributed by atoms with Crippen molar-refractivity contribution in [2.75, 3.05) is 10.8 Å². The Morgan fingerprint density at radius 1 is 0.842 bits per heavy atom. The van der Waals surface area contributed by atoms with Gasteiger partial charge in [-0.2, -0.15) is 0 Å². The van der Waals surface area contributed by atoms with E-state index >= 15 is 0 Å². The maximum absolute atomic E-state index is 14.0. The first-order chi connectivity index (χ1) is 18.2. The van der Waals surface area contributed by atoms with Crippen LogP contribution >= 0.6 is 0 Å². The summed E-state index contributed by atoms with van der Waals surface area (Å²) < 4.78 is 28.6. The molecule has 0 aliphatic heterocycles. The number of hydrogen-bond donors (Lipinski definition) is 1. The lowest BCUT2D eigenvalue weighted by molar-refractivity contribution is -0.140. The highest BCUT2D eigenvalue weighted by Crippen LogP contribution is 2.24. The van der Waals surface area contributed by atoms with Crippen LogP contribution in [0.2, 0.25) is 0 Å². The van der Waals surface area contributed by atoms with Gasteiger partial charge in [-0.1, -0.05) is 80.1 Å². The monoisotopic (exact) mass is 535 g/mol. The quantitative estimate of drug-likeness (QED) is 0.357. The van der Waals surface area contributed by atoms with Crippen LogP contribution in [-0.2, 0) is 26.2 Å². The molecule has 1 N–H and O–H groups in total. The lowest BCUT2D eigenvalue weighted by Gasteiger charge is -2.33. The van der Waals surface area contributed by atoms with Crippen molar-refractivity contribution in [1.82, 2.24) is 10.2 Å². The first-order valence-electron chi connectivity index (χ1n) is 13.0. The molecule has 3 aromatic rings. The van der Waals surface area contributed by atoms with Crippen molar-refractivity contribution in [3.05, 3.63) is 96.1 Å². The van der Waals surface area contributed by atoms with Gasteiger partial charge in [-0.25, -0.2) is 8.42 Å². The van der Waals surface area contributed by atoms with Crippen LogP contribution < -0.4 is 9.62 Å². The van der Waals surface area contributed by atoms with Gasteiger partial charge >= 0.3 is 0 Å². The van der Waals surface area contributed by atoms with Gasteiger partial charge in [-0.3, -0.25) is 13.9 Å². The Bertz CT molecular complexity index is 1300. The van der Waals surface area contributed by atoms with Gasteiger partial charge in [0.05, 0.1) is 10.6 Å². The Labute approximate surface area is 226 Å². The number of para-hydroxylation sites is 1. The van der Waals surface area contributed by atoms with Crippen LogP contribution in [0, 0.1) is 6.92 Å². The fraction of sp³-hybridized carbons (Fsp3) is 0.333. The Balaban J connectivity index is 2.01. The summed E-state index contributed by atoms with van der Waals surface area (Å²) in [5, 5.41) is 2.99. The van der Waals surface area contributed by atoms with Crippen LogP contribution in [0.5, 0.6) is 0 Å². The summed E-state index contributed by atoms with van der Waals surface area (Å²) in [7, 11) is -4.05. The van der Waals surface area contributed by atoms with Gasteiger partial charge in [-0.15, -0.1) is 0 Å².